The highest BCUT2D eigenvalue weighted by Gasteiger charge is 2.20. The summed E-state index contributed by atoms with van der Waals surface area (Å²) in [6.07, 6.45) is 8.46. The van der Waals surface area contributed by atoms with E-state index in [1.54, 1.807) is 36.0 Å². The van der Waals surface area contributed by atoms with Crippen LogP contribution in [0.1, 0.15) is 22.8 Å². The molecule has 0 aliphatic carbocycles. The quantitative estimate of drug-likeness (QED) is 0.585. The third kappa shape index (κ3) is 4.72. The smallest absolute Gasteiger partial charge is 0.339 e. The van der Waals surface area contributed by atoms with Gasteiger partial charge in [0, 0.05) is 57.3 Å². The summed E-state index contributed by atoms with van der Waals surface area (Å²) in [6, 6.07) is 3.53. The van der Waals surface area contributed by atoms with Crippen LogP contribution in [0.15, 0.2) is 36.8 Å². The summed E-state index contributed by atoms with van der Waals surface area (Å²) in [5.74, 6) is 0.414. The minimum Gasteiger partial charge on any atom is -0.462 e. The number of carbonyl (C=O) groups is 2. The Morgan fingerprint density at radius 2 is 1.96 bits per heavy atom. The average Bonchev–Trinajstić information content (AvgIpc) is 3.12. The zero-order valence-electron chi connectivity index (χ0n) is 15.5. The highest BCUT2D eigenvalue weighted by Crippen LogP contribution is 2.15. The number of hydrogen-bond donors (Lipinski definition) is 0. The van der Waals surface area contributed by atoms with Gasteiger partial charge in [-0.2, -0.15) is 5.10 Å². The van der Waals surface area contributed by atoms with Crippen molar-refractivity contribution in [3.05, 3.63) is 47.9 Å². The van der Waals surface area contributed by atoms with Crippen LogP contribution in [-0.2, 0) is 16.6 Å². The van der Waals surface area contributed by atoms with Crippen molar-refractivity contribution in [2.45, 2.75) is 6.92 Å². The molecule has 8 heteroatoms. The molecule has 0 atom stereocenters. The van der Waals surface area contributed by atoms with E-state index in [9.17, 15) is 9.59 Å². The van der Waals surface area contributed by atoms with E-state index in [0.29, 0.717) is 38.3 Å². The molecule has 1 amide bonds. The second-order valence-corrected chi connectivity index (χ2v) is 6.22. The van der Waals surface area contributed by atoms with Gasteiger partial charge in [0.2, 0.25) is 5.91 Å². The third-order valence-electron chi connectivity index (χ3n) is 4.32. The topological polar surface area (TPSA) is 80.6 Å². The van der Waals surface area contributed by atoms with Gasteiger partial charge in [0.15, 0.2) is 0 Å². The first-order valence-corrected chi connectivity index (χ1v) is 8.90. The summed E-state index contributed by atoms with van der Waals surface area (Å²) in [6.45, 7) is 4.74. The molecule has 27 heavy (non-hydrogen) atoms. The maximum atomic E-state index is 12.3. The van der Waals surface area contributed by atoms with Gasteiger partial charge < -0.3 is 14.5 Å². The number of hydrogen-bond acceptors (Lipinski definition) is 6. The number of ether oxygens (including phenoxy) is 1. The molecule has 1 aliphatic heterocycles. The molecule has 0 saturated carbocycles. The van der Waals surface area contributed by atoms with E-state index in [0.717, 1.165) is 11.4 Å². The SMILES string of the molecule is CCOC(=O)c1ccc(N2CCN(C(=O)C=Cc3cnn(C)c3)CC2)nc1. The van der Waals surface area contributed by atoms with Crippen molar-refractivity contribution in [2.24, 2.45) is 7.05 Å². The maximum absolute atomic E-state index is 12.3. The van der Waals surface area contributed by atoms with E-state index >= 15 is 0 Å². The lowest BCUT2D eigenvalue weighted by atomic mass is 10.2. The average molecular weight is 369 g/mol. The number of anilines is 1. The second-order valence-electron chi connectivity index (χ2n) is 6.22. The molecule has 2 aromatic rings. The van der Waals surface area contributed by atoms with E-state index in [4.69, 9.17) is 4.74 Å². The number of esters is 1. The third-order valence-corrected chi connectivity index (χ3v) is 4.32. The minimum absolute atomic E-state index is 0.0101. The lowest BCUT2D eigenvalue weighted by molar-refractivity contribution is -0.126. The molecule has 0 aromatic carbocycles. The van der Waals surface area contributed by atoms with Gasteiger partial charge in [-0.1, -0.05) is 0 Å². The van der Waals surface area contributed by atoms with Crippen LogP contribution in [-0.4, -0.2) is 64.3 Å². The molecule has 142 valence electrons. The summed E-state index contributed by atoms with van der Waals surface area (Å²) >= 11 is 0. The van der Waals surface area contributed by atoms with Gasteiger partial charge in [0.05, 0.1) is 18.4 Å². The van der Waals surface area contributed by atoms with Gasteiger partial charge in [-0.15, -0.1) is 0 Å². The second kappa shape index (κ2) is 8.48. The monoisotopic (exact) mass is 369 g/mol. The summed E-state index contributed by atoms with van der Waals surface area (Å²) < 4.78 is 6.66. The molecule has 0 N–H and O–H groups in total. The highest BCUT2D eigenvalue weighted by atomic mass is 16.5. The van der Waals surface area contributed by atoms with Crippen LogP contribution in [0.3, 0.4) is 0 Å². The van der Waals surface area contributed by atoms with Crippen LogP contribution in [0.25, 0.3) is 6.08 Å². The van der Waals surface area contributed by atoms with Gasteiger partial charge in [0.25, 0.3) is 0 Å². The molecular weight excluding hydrogens is 346 g/mol. The Morgan fingerprint density at radius 1 is 1.19 bits per heavy atom. The van der Waals surface area contributed by atoms with Gasteiger partial charge in [-0.05, 0) is 25.1 Å². The highest BCUT2D eigenvalue weighted by molar-refractivity contribution is 5.92. The lowest BCUT2D eigenvalue weighted by Crippen LogP contribution is -2.48. The molecule has 1 aliphatic rings. The minimum atomic E-state index is -0.368. The Hall–Kier alpha value is -3.16. The standard InChI is InChI=1S/C19H23N5O3/c1-3-27-19(26)16-5-6-17(20-13-16)23-8-10-24(11-9-23)18(25)7-4-15-12-21-22(2)14-15/h4-7,12-14H,3,8-11H2,1-2H3. The molecule has 3 heterocycles. The summed E-state index contributed by atoms with van der Waals surface area (Å²) in [5, 5.41) is 4.08. The predicted octanol–water partition coefficient (Wildman–Crippen LogP) is 1.35. The Morgan fingerprint density at radius 3 is 2.56 bits per heavy atom. The number of pyridine rings is 1. The number of piperazine rings is 1. The van der Waals surface area contributed by atoms with E-state index in [1.807, 2.05) is 24.2 Å². The Balaban J connectivity index is 1.53. The van der Waals surface area contributed by atoms with Crippen LogP contribution in [0, 0.1) is 0 Å². The van der Waals surface area contributed by atoms with Crippen LogP contribution in [0.2, 0.25) is 0 Å². The Labute approximate surface area is 158 Å². The molecule has 1 fully saturated rings. The van der Waals surface area contributed by atoms with Crippen molar-refractivity contribution in [3.8, 4) is 0 Å². The zero-order chi connectivity index (χ0) is 19.2. The molecular formula is C19H23N5O3. The Kier molecular flexibility index (Phi) is 5.85. The molecule has 0 unspecified atom stereocenters. The fraction of sp³-hybridized carbons (Fsp3) is 0.368. The van der Waals surface area contributed by atoms with Crippen molar-refractivity contribution >= 4 is 23.8 Å². The number of rotatable bonds is 5. The van der Waals surface area contributed by atoms with Gasteiger partial charge in [0.1, 0.15) is 5.82 Å². The molecule has 0 radical (unpaired) electrons. The number of aromatic nitrogens is 3. The normalized spacial score (nSPS) is 14.6. The van der Waals surface area contributed by atoms with E-state index in [2.05, 4.69) is 15.0 Å². The van der Waals surface area contributed by atoms with Crippen molar-refractivity contribution in [2.75, 3.05) is 37.7 Å². The fourth-order valence-electron chi connectivity index (χ4n) is 2.86. The molecule has 0 bridgehead atoms. The largest absolute Gasteiger partial charge is 0.462 e. The molecule has 2 aromatic heterocycles. The van der Waals surface area contributed by atoms with Crippen molar-refractivity contribution in [1.29, 1.82) is 0 Å². The molecule has 3 rings (SSSR count). The first-order valence-electron chi connectivity index (χ1n) is 8.90. The first kappa shape index (κ1) is 18.6. The van der Waals surface area contributed by atoms with Crippen LogP contribution in [0.5, 0.6) is 0 Å². The summed E-state index contributed by atoms with van der Waals surface area (Å²) in [7, 11) is 1.84. The lowest BCUT2D eigenvalue weighted by Gasteiger charge is -2.35. The van der Waals surface area contributed by atoms with Crippen molar-refractivity contribution in [1.82, 2.24) is 19.7 Å². The maximum Gasteiger partial charge on any atom is 0.339 e. The fourth-order valence-corrected chi connectivity index (χ4v) is 2.86. The van der Waals surface area contributed by atoms with Gasteiger partial charge >= 0.3 is 5.97 Å². The van der Waals surface area contributed by atoms with Gasteiger partial charge in [-0.25, -0.2) is 9.78 Å². The summed E-state index contributed by atoms with van der Waals surface area (Å²) in [5.41, 5.74) is 1.34. The van der Waals surface area contributed by atoms with E-state index < -0.39 is 0 Å². The molecule has 8 nitrogen and oxygen atoms in total. The number of amides is 1. The first-order chi connectivity index (χ1) is 13.1. The predicted molar refractivity (Wildman–Crippen MR) is 101 cm³/mol. The van der Waals surface area contributed by atoms with Crippen LogP contribution >= 0.6 is 0 Å². The van der Waals surface area contributed by atoms with E-state index in [1.165, 1.54) is 6.20 Å². The number of nitrogens with zero attached hydrogens (tertiary/aromatic N) is 5. The van der Waals surface area contributed by atoms with Crippen molar-refractivity contribution in [3.63, 3.8) is 0 Å². The summed E-state index contributed by atoms with van der Waals surface area (Å²) in [4.78, 5) is 32.3. The van der Waals surface area contributed by atoms with Crippen LogP contribution < -0.4 is 4.90 Å². The molecule has 0 spiro atoms. The molecule has 1 saturated heterocycles. The number of carbonyl (C=O) groups excluding carboxylic acids is 2. The zero-order valence-corrected chi connectivity index (χ0v) is 15.5. The number of aryl methyl sites for hydroxylation is 1. The Bertz CT molecular complexity index is 820. The van der Waals surface area contributed by atoms with Crippen LogP contribution in [0.4, 0.5) is 5.82 Å². The van der Waals surface area contributed by atoms with E-state index in [-0.39, 0.29) is 11.9 Å². The van der Waals surface area contributed by atoms with Crippen molar-refractivity contribution < 1.29 is 14.3 Å². The van der Waals surface area contributed by atoms with Gasteiger partial charge in [-0.3, -0.25) is 9.48 Å².